The van der Waals surface area contributed by atoms with E-state index >= 15 is 0 Å². The van der Waals surface area contributed by atoms with Gasteiger partial charge in [-0.1, -0.05) is 45.8 Å². The Kier molecular flexibility index (Phi) is 6.02. The van der Waals surface area contributed by atoms with Crippen LogP contribution < -0.4 is 15.0 Å². The third-order valence-electron chi connectivity index (χ3n) is 4.26. The van der Waals surface area contributed by atoms with Crippen LogP contribution in [0.15, 0.2) is 64.0 Å². The van der Waals surface area contributed by atoms with Crippen LogP contribution in [0.3, 0.4) is 0 Å². The van der Waals surface area contributed by atoms with E-state index in [1.807, 2.05) is 31.2 Å². The second-order valence-corrected chi connectivity index (χ2v) is 8.85. The number of sulfonamides is 1. The van der Waals surface area contributed by atoms with Gasteiger partial charge < -0.3 is 4.74 Å². The van der Waals surface area contributed by atoms with E-state index in [9.17, 15) is 13.2 Å². The number of benzene rings is 3. The molecule has 0 heterocycles. The van der Waals surface area contributed by atoms with E-state index < -0.39 is 15.9 Å². The number of rotatable bonds is 6. The zero-order valence-corrected chi connectivity index (χ0v) is 17.7. The summed E-state index contributed by atoms with van der Waals surface area (Å²) in [4.78, 5) is 14.6. The number of nitrogens with one attached hydrogen (secondary N) is 2. The van der Waals surface area contributed by atoms with Gasteiger partial charge in [-0.05, 0) is 48.0 Å². The van der Waals surface area contributed by atoms with E-state index in [0.717, 1.165) is 20.8 Å². The summed E-state index contributed by atoms with van der Waals surface area (Å²) in [6, 6.07) is 15.7. The lowest BCUT2D eigenvalue weighted by Crippen LogP contribution is -2.42. The van der Waals surface area contributed by atoms with Crippen LogP contribution in [0.4, 0.5) is 0 Å². The zero-order valence-electron chi connectivity index (χ0n) is 15.3. The summed E-state index contributed by atoms with van der Waals surface area (Å²) in [5.41, 5.74) is 3.89. The van der Waals surface area contributed by atoms with Crippen molar-refractivity contribution >= 4 is 42.6 Å². The molecule has 0 atom stereocenters. The fraction of sp³-hybridized carbons (Fsp3) is 0.150. The molecule has 8 heteroatoms. The van der Waals surface area contributed by atoms with Gasteiger partial charge >= 0.3 is 0 Å². The van der Waals surface area contributed by atoms with Crippen LogP contribution in [-0.2, 0) is 21.2 Å². The van der Waals surface area contributed by atoms with Crippen molar-refractivity contribution in [2.24, 2.45) is 0 Å². The van der Waals surface area contributed by atoms with Crippen LogP contribution in [-0.4, -0.2) is 21.4 Å². The van der Waals surface area contributed by atoms with Crippen molar-refractivity contribution in [1.29, 1.82) is 0 Å². The highest BCUT2D eigenvalue weighted by Gasteiger charge is 2.17. The Morgan fingerprint density at radius 2 is 1.79 bits per heavy atom. The van der Waals surface area contributed by atoms with Gasteiger partial charge in [0.1, 0.15) is 5.75 Å². The minimum absolute atomic E-state index is 0.0431. The number of hydrazine groups is 1. The first-order chi connectivity index (χ1) is 13.3. The van der Waals surface area contributed by atoms with E-state index in [0.29, 0.717) is 11.3 Å². The van der Waals surface area contributed by atoms with E-state index in [1.54, 1.807) is 18.2 Å². The summed E-state index contributed by atoms with van der Waals surface area (Å²) >= 11 is 3.43. The lowest BCUT2D eigenvalue weighted by Gasteiger charge is -2.13. The first-order valence-electron chi connectivity index (χ1n) is 8.42. The molecule has 0 bridgehead atoms. The van der Waals surface area contributed by atoms with E-state index in [2.05, 4.69) is 26.2 Å². The first-order valence-corrected chi connectivity index (χ1v) is 10.7. The maximum atomic E-state index is 12.4. The molecular weight excluding hydrogens is 444 g/mol. The second kappa shape index (κ2) is 8.30. The van der Waals surface area contributed by atoms with E-state index in [1.165, 1.54) is 19.2 Å². The molecule has 0 aliphatic carbocycles. The molecule has 1 amide bonds. The Balaban J connectivity index is 1.79. The largest absolute Gasteiger partial charge is 0.496 e. The predicted octanol–water partition coefficient (Wildman–Crippen LogP) is 3.47. The van der Waals surface area contributed by atoms with Crippen molar-refractivity contribution in [3.63, 3.8) is 0 Å². The highest BCUT2D eigenvalue weighted by atomic mass is 79.9. The molecule has 0 unspecified atom stereocenters. The third kappa shape index (κ3) is 4.52. The van der Waals surface area contributed by atoms with Crippen LogP contribution in [0, 0.1) is 6.92 Å². The highest BCUT2D eigenvalue weighted by molar-refractivity contribution is 9.10. The van der Waals surface area contributed by atoms with Crippen molar-refractivity contribution in [3.05, 3.63) is 70.2 Å². The standard InChI is InChI=1S/C20H19BrN2O4S/c1-13-3-7-16(8-4-13)28(25,26)23-22-20(24)12-18-17-9-6-15(21)11-14(17)5-10-19(18)27-2/h3-11,23H,12H2,1-2H3,(H,22,24). The molecule has 6 nitrogen and oxygen atoms in total. The number of amides is 1. The first kappa shape index (κ1) is 20.3. The molecule has 2 N–H and O–H groups in total. The number of aryl methyl sites for hydroxylation is 1. The maximum Gasteiger partial charge on any atom is 0.257 e. The van der Waals surface area contributed by atoms with Crippen molar-refractivity contribution in [2.45, 2.75) is 18.2 Å². The van der Waals surface area contributed by atoms with Gasteiger partial charge in [-0.3, -0.25) is 10.2 Å². The number of carbonyl (C=O) groups is 1. The fourth-order valence-electron chi connectivity index (χ4n) is 2.82. The minimum atomic E-state index is -3.85. The quantitative estimate of drug-likeness (QED) is 0.549. The molecule has 3 aromatic rings. The summed E-state index contributed by atoms with van der Waals surface area (Å²) in [5.74, 6) is 0.0655. The van der Waals surface area contributed by atoms with Gasteiger partial charge in [0.25, 0.3) is 10.0 Å². The molecule has 146 valence electrons. The summed E-state index contributed by atoms with van der Waals surface area (Å²) < 4.78 is 30.9. The van der Waals surface area contributed by atoms with Gasteiger partial charge in [-0.15, -0.1) is 4.83 Å². The molecule has 28 heavy (non-hydrogen) atoms. The summed E-state index contributed by atoms with van der Waals surface area (Å²) in [7, 11) is -2.32. The average molecular weight is 463 g/mol. The highest BCUT2D eigenvalue weighted by Crippen LogP contribution is 2.30. The maximum absolute atomic E-state index is 12.4. The van der Waals surface area contributed by atoms with Crippen LogP contribution >= 0.6 is 15.9 Å². The number of carbonyl (C=O) groups excluding carboxylic acids is 1. The number of hydrogen-bond donors (Lipinski definition) is 2. The fourth-order valence-corrected chi connectivity index (χ4v) is 4.06. The number of fused-ring (bicyclic) bond motifs is 1. The molecule has 3 aromatic carbocycles. The molecule has 0 saturated carbocycles. The zero-order chi connectivity index (χ0) is 20.3. The van der Waals surface area contributed by atoms with Crippen molar-refractivity contribution < 1.29 is 17.9 Å². The number of ether oxygens (including phenoxy) is 1. The Bertz CT molecular complexity index is 1130. The molecule has 0 saturated heterocycles. The predicted molar refractivity (Wildman–Crippen MR) is 112 cm³/mol. The Hall–Kier alpha value is -2.42. The SMILES string of the molecule is COc1ccc2cc(Br)ccc2c1CC(=O)NNS(=O)(=O)c1ccc(C)cc1. The van der Waals surface area contributed by atoms with E-state index in [4.69, 9.17) is 4.74 Å². The van der Waals surface area contributed by atoms with Crippen LogP contribution in [0.5, 0.6) is 5.75 Å². The average Bonchev–Trinajstić information content (AvgIpc) is 2.67. The Morgan fingerprint density at radius 3 is 2.46 bits per heavy atom. The Morgan fingerprint density at radius 1 is 1.07 bits per heavy atom. The smallest absolute Gasteiger partial charge is 0.257 e. The number of halogens is 1. The van der Waals surface area contributed by atoms with Gasteiger partial charge in [0.15, 0.2) is 0 Å². The minimum Gasteiger partial charge on any atom is -0.496 e. The summed E-state index contributed by atoms with van der Waals surface area (Å²) in [6.45, 7) is 1.86. The normalized spacial score (nSPS) is 11.4. The molecule has 0 fully saturated rings. The lowest BCUT2D eigenvalue weighted by atomic mass is 10.0. The second-order valence-electron chi connectivity index (χ2n) is 6.26. The number of hydrogen-bond acceptors (Lipinski definition) is 4. The molecule has 3 rings (SSSR count). The van der Waals surface area contributed by atoms with E-state index in [-0.39, 0.29) is 11.3 Å². The van der Waals surface area contributed by atoms with Gasteiger partial charge in [0.2, 0.25) is 5.91 Å². The lowest BCUT2D eigenvalue weighted by molar-refractivity contribution is -0.120. The summed E-state index contributed by atoms with van der Waals surface area (Å²) in [6.07, 6.45) is -0.0431. The monoisotopic (exact) mass is 462 g/mol. The molecule has 0 spiro atoms. The van der Waals surface area contributed by atoms with Crippen LogP contribution in [0.2, 0.25) is 0 Å². The van der Waals surface area contributed by atoms with Crippen molar-refractivity contribution in [1.82, 2.24) is 10.3 Å². The van der Waals surface area contributed by atoms with Gasteiger partial charge in [-0.25, -0.2) is 8.42 Å². The molecule has 0 aromatic heterocycles. The molecule has 0 aliphatic rings. The van der Waals surface area contributed by atoms with Gasteiger partial charge in [-0.2, -0.15) is 0 Å². The number of methoxy groups -OCH3 is 1. The molecular formula is C20H19BrN2O4S. The topological polar surface area (TPSA) is 84.5 Å². The van der Waals surface area contributed by atoms with Crippen LogP contribution in [0.1, 0.15) is 11.1 Å². The molecule has 0 aliphatic heterocycles. The van der Waals surface area contributed by atoms with Gasteiger partial charge in [0, 0.05) is 10.0 Å². The van der Waals surface area contributed by atoms with Crippen molar-refractivity contribution in [3.8, 4) is 5.75 Å². The molecule has 0 radical (unpaired) electrons. The van der Waals surface area contributed by atoms with Crippen LogP contribution in [0.25, 0.3) is 10.8 Å². The third-order valence-corrected chi connectivity index (χ3v) is 6.02. The van der Waals surface area contributed by atoms with Crippen molar-refractivity contribution in [2.75, 3.05) is 7.11 Å². The van der Waals surface area contributed by atoms with Gasteiger partial charge in [0.05, 0.1) is 18.4 Å². The Labute approximate surface area is 172 Å². The summed E-state index contributed by atoms with van der Waals surface area (Å²) in [5, 5.41) is 1.80.